The number of hydrogen-bond donors (Lipinski definition) is 2. The lowest BCUT2D eigenvalue weighted by Crippen LogP contribution is -2.23. The zero-order chi connectivity index (χ0) is 7.28. The summed E-state index contributed by atoms with van der Waals surface area (Å²) in [5.41, 5.74) is 1.12. The number of nitrogens with one attached hydrogen (secondary N) is 1. The van der Waals surface area contributed by atoms with Crippen LogP contribution in [0.3, 0.4) is 0 Å². The molecule has 0 amide bonds. The van der Waals surface area contributed by atoms with Gasteiger partial charge in [-0.3, -0.25) is 5.32 Å². The molecular weight excluding hydrogens is 114 g/mol. The third-order valence-corrected chi connectivity index (χ3v) is 1.18. The van der Waals surface area contributed by atoms with Crippen LogP contribution < -0.4 is 5.32 Å². The quantitative estimate of drug-likeness (QED) is 0.436. The Hall–Kier alpha value is -0.340. The number of allylic oxidation sites excluding steroid dienone is 1. The maximum Gasteiger partial charge on any atom is 0.104 e. The van der Waals surface area contributed by atoms with Gasteiger partial charge in [0.1, 0.15) is 6.23 Å². The van der Waals surface area contributed by atoms with Gasteiger partial charge in [-0.2, -0.15) is 0 Å². The highest BCUT2D eigenvalue weighted by Crippen LogP contribution is 2.01. The summed E-state index contributed by atoms with van der Waals surface area (Å²) in [6.45, 7) is 5.68. The van der Waals surface area contributed by atoms with E-state index in [1.165, 1.54) is 0 Å². The van der Waals surface area contributed by atoms with Gasteiger partial charge >= 0.3 is 0 Å². The van der Waals surface area contributed by atoms with E-state index in [1.54, 1.807) is 7.05 Å². The average Bonchev–Trinajstić information content (AvgIpc) is 1.83. The van der Waals surface area contributed by atoms with Gasteiger partial charge in [0.05, 0.1) is 0 Å². The van der Waals surface area contributed by atoms with Crippen LogP contribution in [0.25, 0.3) is 0 Å². The Labute approximate surface area is 56.6 Å². The van der Waals surface area contributed by atoms with Gasteiger partial charge in [-0.05, 0) is 26.8 Å². The molecule has 2 N–H and O–H groups in total. The molecule has 0 aliphatic heterocycles. The van der Waals surface area contributed by atoms with Gasteiger partial charge < -0.3 is 5.11 Å². The highest BCUT2D eigenvalue weighted by Gasteiger charge is 1.97. The van der Waals surface area contributed by atoms with Gasteiger partial charge in [0.25, 0.3) is 0 Å². The molecular formula is C7H15NO. The molecule has 0 heterocycles. The minimum Gasteiger partial charge on any atom is -0.379 e. The van der Waals surface area contributed by atoms with Crippen LogP contribution in [0.2, 0.25) is 0 Å². The van der Waals surface area contributed by atoms with Crippen molar-refractivity contribution in [2.24, 2.45) is 0 Å². The SMILES string of the molecule is C=C(C)CC[C@@H](O)NC. The Morgan fingerprint density at radius 3 is 2.67 bits per heavy atom. The number of rotatable bonds is 4. The fraction of sp³-hybridized carbons (Fsp3) is 0.714. The van der Waals surface area contributed by atoms with Crippen LogP contribution in [0.15, 0.2) is 12.2 Å². The summed E-state index contributed by atoms with van der Waals surface area (Å²) in [5, 5.41) is 11.7. The van der Waals surface area contributed by atoms with Crippen molar-refractivity contribution in [1.82, 2.24) is 5.32 Å². The van der Waals surface area contributed by atoms with Crippen LogP contribution >= 0.6 is 0 Å². The Morgan fingerprint density at radius 1 is 1.78 bits per heavy atom. The van der Waals surface area contributed by atoms with Gasteiger partial charge in [0, 0.05) is 0 Å². The minimum atomic E-state index is -0.373. The zero-order valence-corrected chi connectivity index (χ0v) is 6.15. The van der Waals surface area contributed by atoms with E-state index in [0.29, 0.717) is 0 Å². The predicted molar refractivity (Wildman–Crippen MR) is 39.1 cm³/mol. The van der Waals surface area contributed by atoms with Gasteiger partial charge in [0.15, 0.2) is 0 Å². The molecule has 0 saturated carbocycles. The monoisotopic (exact) mass is 129 g/mol. The number of hydrogen-bond acceptors (Lipinski definition) is 2. The van der Waals surface area contributed by atoms with Crippen LogP contribution in [-0.4, -0.2) is 18.4 Å². The van der Waals surface area contributed by atoms with E-state index in [9.17, 15) is 0 Å². The summed E-state index contributed by atoms with van der Waals surface area (Å²) in [7, 11) is 1.74. The second-order valence-corrected chi connectivity index (χ2v) is 2.30. The summed E-state index contributed by atoms with van der Waals surface area (Å²) >= 11 is 0. The number of aliphatic hydroxyl groups excluding tert-OH is 1. The predicted octanol–water partition coefficient (Wildman–Crippen LogP) is 0.881. The Kier molecular flexibility index (Phi) is 4.36. The van der Waals surface area contributed by atoms with Crippen molar-refractivity contribution < 1.29 is 5.11 Å². The molecule has 0 saturated heterocycles. The third-order valence-electron chi connectivity index (χ3n) is 1.18. The summed E-state index contributed by atoms with van der Waals surface area (Å²) in [5.74, 6) is 0. The Balaban J connectivity index is 3.16. The van der Waals surface area contributed by atoms with Crippen LogP contribution in [-0.2, 0) is 0 Å². The van der Waals surface area contributed by atoms with Crippen molar-refractivity contribution >= 4 is 0 Å². The summed E-state index contributed by atoms with van der Waals surface area (Å²) in [6, 6.07) is 0. The first-order valence-electron chi connectivity index (χ1n) is 3.16. The average molecular weight is 129 g/mol. The summed E-state index contributed by atoms with van der Waals surface area (Å²) in [6.07, 6.45) is 1.27. The van der Waals surface area contributed by atoms with E-state index < -0.39 is 0 Å². The van der Waals surface area contributed by atoms with Gasteiger partial charge in [-0.25, -0.2) is 0 Å². The molecule has 2 nitrogen and oxygen atoms in total. The molecule has 9 heavy (non-hydrogen) atoms. The van der Waals surface area contributed by atoms with Crippen LogP contribution in [0.5, 0.6) is 0 Å². The number of aliphatic hydroxyl groups is 1. The second-order valence-electron chi connectivity index (χ2n) is 2.30. The Bertz CT molecular complexity index is 90.9. The molecule has 0 radical (unpaired) electrons. The van der Waals surface area contributed by atoms with E-state index in [4.69, 9.17) is 5.11 Å². The van der Waals surface area contributed by atoms with E-state index in [1.807, 2.05) is 6.92 Å². The normalized spacial score (nSPS) is 13.2. The second kappa shape index (κ2) is 4.53. The highest BCUT2D eigenvalue weighted by atomic mass is 16.3. The summed E-state index contributed by atoms with van der Waals surface area (Å²) in [4.78, 5) is 0. The lowest BCUT2D eigenvalue weighted by Gasteiger charge is -2.07. The van der Waals surface area contributed by atoms with Crippen LogP contribution in [0.1, 0.15) is 19.8 Å². The summed E-state index contributed by atoms with van der Waals surface area (Å²) < 4.78 is 0. The molecule has 0 aliphatic rings. The van der Waals surface area contributed by atoms with Crippen molar-refractivity contribution in [2.45, 2.75) is 26.0 Å². The first-order chi connectivity index (χ1) is 4.16. The van der Waals surface area contributed by atoms with Gasteiger partial charge in [-0.1, -0.05) is 5.57 Å². The maximum absolute atomic E-state index is 8.95. The standard InChI is InChI=1S/C7H15NO/c1-6(2)4-5-7(9)8-3/h7-9H,1,4-5H2,2-3H3/t7-/m1/s1. The smallest absolute Gasteiger partial charge is 0.104 e. The zero-order valence-electron chi connectivity index (χ0n) is 6.15. The molecule has 0 rings (SSSR count). The fourth-order valence-electron chi connectivity index (χ4n) is 0.527. The molecule has 2 heteroatoms. The van der Waals surface area contributed by atoms with Gasteiger partial charge in [0.2, 0.25) is 0 Å². The fourth-order valence-corrected chi connectivity index (χ4v) is 0.527. The van der Waals surface area contributed by atoms with E-state index >= 15 is 0 Å². The van der Waals surface area contributed by atoms with Crippen molar-refractivity contribution in [3.8, 4) is 0 Å². The first kappa shape index (κ1) is 8.66. The maximum atomic E-state index is 8.95. The molecule has 0 aromatic rings. The topological polar surface area (TPSA) is 32.3 Å². The molecule has 0 spiro atoms. The molecule has 0 aliphatic carbocycles. The lowest BCUT2D eigenvalue weighted by molar-refractivity contribution is 0.137. The molecule has 1 atom stereocenters. The highest BCUT2D eigenvalue weighted by molar-refractivity contribution is 4.87. The molecule has 0 unspecified atom stereocenters. The Morgan fingerprint density at radius 2 is 2.33 bits per heavy atom. The van der Waals surface area contributed by atoms with Crippen LogP contribution in [0, 0.1) is 0 Å². The van der Waals surface area contributed by atoms with Crippen molar-refractivity contribution in [3.63, 3.8) is 0 Å². The largest absolute Gasteiger partial charge is 0.379 e. The molecule has 0 bridgehead atoms. The molecule has 54 valence electrons. The molecule has 0 aromatic heterocycles. The van der Waals surface area contributed by atoms with E-state index in [0.717, 1.165) is 18.4 Å². The van der Waals surface area contributed by atoms with Gasteiger partial charge in [-0.15, -0.1) is 6.58 Å². The van der Waals surface area contributed by atoms with Crippen molar-refractivity contribution in [1.29, 1.82) is 0 Å². The minimum absolute atomic E-state index is 0.373. The molecule has 0 aromatic carbocycles. The van der Waals surface area contributed by atoms with Crippen molar-refractivity contribution in [3.05, 3.63) is 12.2 Å². The first-order valence-corrected chi connectivity index (χ1v) is 3.16. The van der Waals surface area contributed by atoms with Crippen molar-refractivity contribution in [2.75, 3.05) is 7.05 Å². The lowest BCUT2D eigenvalue weighted by atomic mass is 10.2. The van der Waals surface area contributed by atoms with Crippen LogP contribution in [0.4, 0.5) is 0 Å². The van der Waals surface area contributed by atoms with E-state index in [-0.39, 0.29) is 6.23 Å². The molecule has 0 fully saturated rings. The van der Waals surface area contributed by atoms with E-state index in [2.05, 4.69) is 11.9 Å². The third kappa shape index (κ3) is 5.53.